The lowest BCUT2D eigenvalue weighted by molar-refractivity contribution is -0.129. The molecule has 0 aromatic heterocycles. The fourth-order valence-corrected chi connectivity index (χ4v) is 2.06. The summed E-state index contributed by atoms with van der Waals surface area (Å²) in [7, 11) is 0. The lowest BCUT2D eigenvalue weighted by atomic mass is 10.0. The van der Waals surface area contributed by atoms with Gasteiger partial charge in [0.05, 0.1) is 12.5 Å². The van der Waals surface area contributed by atoms with Gasteiger partial charge in [0.25, 0.3) is 0 Å². The summed E-state index contributed by atoms with van der Waals surface area (Å²) in [6.45, 7) is 4.96. The van der Waals surface area contributed by atoms with Crippen LogP contribution in [0.3, 0.4) is 0 Å². The summed E-state index contributed by atoms with van der Waals surface area (Å²) in [6.07, 6.45) is 3.17. The van der Waals surface area contributed by atoms with E-state index < -0.39 is 0 Å². The molecular weight excluding hydrogens is 176 g/mol. The first-order valence-electron chi connectivity index (χ1n) is 5.31. The van der Waals surface area contributed by atoms with Crippen molar-refractivity contribution in [3.63, 3.8) is 0 Å². The van der Waals surface area contributed by atoms with Gasteiger partial charge in [0.2, 0.25) is 5.91 Å². The van der Waals surface area contributed by atoms with Crippen molar-refractivity contribution < 1.29 is 4.79 Å². The minimum absolute atomic E-state index is 0.228. The van der Waals surface area contributed by atoms with Gasteiger partial charge in [-0.3, -0.25) is 4.79 Å². The van der Waals surface area contributed by atoms with Crippen LogP contribution in [0.15, 0.2) is 0 Å². The SMILES string of the molecule is CC(C)CC1CCC(=O)N1CCC#N. The third kappa shape index (κ3) is 2.73. The molecule has 0 radical (unpaired) electrons. The summed E-state index contributed by atoms with van der Waals surface area (Å²) in [6, 6.07) is 2.48. The van der Waals surface area contributed by atoms with Gasteiger partial charge in [0.1, 0.15) is 0 Å². The summed E-state index contributed by atoms with van der Waals surface area (Å²) in [5.74, 6) is 0.849. The van der Waals surface area contributed by atoms with Crippen molar-refractivity contribution in [2.45, 2.75) is 45.6 Å². The van der Waals surface area contributed by atoms with E-state index in [4.69, 9.17) is 5.26 Å². The number of carbonyl (C=O) groups excluding carboxylic acids is 1. The van der Waals surface area contributed by atoms with E-state index in [1.165, 1.54) is 0 Å². The van der Waals surface area contributed by atoms with Crippen LogP contribution < -0.4 is 0 Å². The average Bonchev–Trinajstić information content (AvgIpc) is 2.44. The van der Waals surface area contributed by atoms with Crippen LogP contribution in [0.25, 0.3) is 0 Å². The predicted octanol–water partition coefficient (Wildman–Crippen LogP) is 1.94. The normalized spacial score (nSPS) is 21.7. The van der Waals surface area contributed by atoms with E-state index in [1.54, 1.807) is 0 Å². The molecule has 1 amide bonds. The summed E-state index contributed by atoms with van der Waals surface area (Å²) >= 11 is 0. The molecule has 1 atom stereocenters. The maximum Gasteiger partial charge on any atom is 0.222 e. The van der Waals surface area contributed by atoms with Crippen LogP contribution >= 0.6 is 0 Å². The molecule has 0 aromatic rings. The second-order valence-electron chi connectivity index (χ2n) is 4.32. The highest BCUT2D eigenvalue weighted by Crippen LogP contribution is 2.24. The molecule has 78 valence electrons. The van der Waals surface area contributed by atoms with Gasteiger partial charge < -0.3 is 4.90 Å². The summed E-state index contributed by atoms with van der Waals surface area (Å²) in [5, 5.41) is 8.49. The maximum absolute atomic E-state index is 11.5. The zero-order valence-corrected chi connectivity index (χ0v) is 8.99. The van der Waals surface area contributed by atoms with E-state index >= 15 is 0 Å². The monoisotopic (exact) mass is 194 g/mol. The Labute approximate surface area is 85.7 Å². The Morgan fingerprint density at radius 1 is 1.64 bits per heavy atom. The van der Waals surface area contributed by atoms with Gasteiger partial charge in [-0.25, -0.2) is 0 Å². The Morgan fingerprint density at radius 3 is 2.93 bits per heavy atom. The first-order chi connectivity index (χ1) is 6.65. The summed E-state index contributed by atoms with van der Waals surface area (Å²) < 4.78 is 0. The third-order valence-electron chi connectivity index (χ3n) is 2.66. The van der Waals surface area contributed by atoms with Crippen molar-refractivity contribution in [2.75, 3.05) is 6.54 Å². The molecule has 1 saturated heterocycles. The Bertz CT molecular complexity index is 242. The number of nitrogens with zero attached hydrogens (tertiary/aromatic N) is 2. The first kappa shape index (κ1) is 11.0. The molecule has 1 fully saturated rings. The van der Waals surface area contributed by atoms with Crippen LogP contribution in [0.1, 0.15) is 39.5 Å². The van der Waals surface area contributed by atoms with Gasteiger partial charge in [-0.1, -0.05) is 13.8 Å². The Morgan fingerprint density at radius 2 is 2.36 bits per heavy atom. The molecule has 0 bridgehead atoms. The number of hydrogen-bond acceptors (Lipinski definition) is 2. The second kappa shape index (κ2) is 4.99. The molecule has 3 heteroatoms. The largest absolute Gasteiger partial charge is 0.339 e. The van der Waals surface area contributed by atoms with Crippen molar-refractivity contribution in [3.05, 3.63) is 0 Å². The van der Waals surface area contributed by atoms with Crippen molar-refractivity contribution in [1.29, 1.82) is 5.26 Å². The number of hydrogen-bond donors (Lipinski definition) is 0. The Kier molecular flexibility index (Phi) is 3.94. The van der Waals surface area contributed by atoms with Gasteiger partial charge in [-0.05, 0) is 18.8 Å². The van der Waals surface area contributed by atoms with Crippen LogP contribution in [0.2, 0.25) is 0 Å². The van der Waals surface area contributed by atoms with Crippen molar-refractivity contribution in [3.8, 4) is 6.07 Å². The summed E-state index contributed by atoms with van der Waals surface area (Å²) in [4.78, 5) is 13.4. The Balaban J connectivity index is 2.49. The van der Waals surface area contributed by atoms with E-state index in [-0.39, 0.29) is 5.91 Å². The molecule has 0 N–H and O–H groups in total. The van der Waals surface area contributed by atoms with Crippen molar-refractivity contribution in [2.24, 2.45) is 5.92 Å². The minimum Gasteiger partial charge on any atom is -0.339 e. The lowest BCUT2D eigenvalue weighted by Crippen LogP contribution is -2.34. The Hall–Kier alpha value is -1.04. The molecule has 1 rings (SSSR count). The van der Waals surface area contributed by atoms with Crippen molar-refractivity contribution >= 4 is 5.91 Å². The zero-order chi connectivity index (χ0) is 10.6. The molecule has 1 aliphatic rings. The van der Waals surface area contributed by atoms with E-state index in [0.717, 1.165) is 12.8 Å². The molecule has 1 heterocycles. The molecule has 0 aromatic carbocycles. The minimum atomic E-state index is 0.228. The van der Waals surface area contributed by atoms with Gasteiger partial charge in [0.15, 0.2) is 0 Å². The van der Waals surface area contributed by atoms with E-state index in [0.29, 0.717) is 31.3 Å². The van der Waals surface area contributed by atoms with Gasteiger partial charge in [-0.2, -0.15) is 5.26 Å². The van der Waals surface area contributed by atoms with Crippen LogP contribution in [0.5, 0.6) is 0 Å². The highest BCUT2D eigenvalue weighted by Gasteiger charge is 2.30. The number of amides is 1. The highest BCUT2D eigenvalue weighted by atomic mass is 16.2. The molecule has 0 spiro atoms. The van der Waals surface area contributed by atoms with E-state index in [2.05, 4.69) is 19.9 Å². The molecule has 1 aliphatic heterocycles. The van der Waals surface area contributed by atoms with Crippen LogP contribution in [0.4, 0.5) is 0 Å². The van der Waals surface area contributed by atoms with Gasteiger partial charge >= 0.3 is 0 Å². The standard InChI is InChI=1S/C11H18N2O/c1-9(2)8-10-4-5-11(14)13(10)7-3-6-12/h9-10H,3-5,7-8H2,1-2H3. The molecule has 14 heavy (non-hydrogen) atoms. The fraction of sp³-hybridized carbons (Fsp3) is 0.818. The highest BCUT2D eigenvalue weighted by molar-refractivity contribution is 5.78. The van der Waals surface area contributed by atoms with E-state index in [1.807, 2.05) is 4.90 Å². The molecule has 3 nitrogen and oxygen atoms in total. The average molecular weight is 194 g/mol. The van der Waals surface area contributed by atoms with Crippen LogP contribution in [0, 0.1) is 17.2 Å². The first-order valence-corrected chi connectivity index (χ1v) is 5.31. The van der Waals surface area contributed by atoms with Crippen LogP contribution in [-0.2, 0) is 4.79 Å². The number of rotatable bonds is 4. The number of nitriles is 1. The van der Waals surface area contributed by atoms with E-state index in [9.17, 15) is 4.79 Å². The van der Waals surface area contributed by atoms with Crippen LogP contribution in [-0.4, -0.2) is 23.4 Å². The predicted molar refractivity (Wildman–Crippen MR) is 54.4 cm³/mol. The summed E-state index contributed by atoms with van der Waals surface area (Å²) in [5.41, 5.74) is 0. The molecular formula is C11H18N2O. The maximum atomic E-state index is 11.5. The van der Waals surface area contributed by atoms with Crippen molar-refractivity contribution in [1.82, 2.24) is 4.90 Å². The molecule has 1 unspecified atom stereocenters. The number of likely N-dealkylation sites (tertiary alicyclic amines) is 1. The van der Waals surface area contributed by atoms with Gasteiger partial charge in [-0.15, -0.1) is 0 Å². The zero-order valence-electron chi connectivity index (χ0n) is 8.99. The number of carbonyl (C=O) groups is 1. The third-order valence-corrected chi connectivity index (χ3v) is 2.66. The topological polar surface area (TPSA) is 44.1 Å². The molecule has 0 aliphatic carbocycles. The smallest absolute Gasteiger partial charge is 0.222 e. The molecule has 0 saturated carbocycles. The van der Waals surface area contributed by atoms with Gasteiger partial charge in [0, 0.05) is 19.0 Å². The second-order valence-corrected chi connectivity index (χ2v) is 4.32. The lowest BCUT2D eigenvalue weighted by Gasteiger charge is -2.25. The quantitative estimate of drug-likeness (QED) is 0.686. The fourth-order valence-electron chi connectivity index (χ4n) is 2.06.